The van der Waals surface area contributed by atoms with Gasteiger partial charge in [-0.3, -0.25) is 0 Å². The first-order valence-electron chi connectivity index (χ1n) is 5.76. The summed E-state index contributed by atoms with van der Waals surface area (Å²) in [5, 5.41) is 3.42. The van der Waals surface area contributed by atoms with E-state index in [1.807, 2.05) is 13.8 Å². The van der Waals surface area contributed by atoms with Crippen LogP contribution in [0, 0.1) is 5.92 Å². The van der Waals surface area contributed by atoms with Crippen LogP contribution >= 0.6 is 0 Å². The molecule has 0 aliphatic carbocycles. The van der Waals surface area contributed by atoms with Crippen LogP contribution < -0.4 is 5.32 Å². The van der Waals surface area contributed by atoms with Crippen LogP contribution in [0.3, 0.4) is 0 Å². The summed E-state index contributed by atoms with van der Waals surface area (Å²) in [6, 6.07) is 0. The molecule has 2 heterocycles. The fraction of sp³-hybridized carbons (Fsp3) is 1.00. The zero-order valence-corrected chi connectivity index (χ0v) is 9.62. The number of nitrogens with one attached hydrogen (secondary N) is 1. The molecule has 0 aromatic rings. The molecule has 88 valence electrons. The highest BCUT2D eigenvalue weighted by molar-refractivity contribution is 4.74. The Morgan fingerprint density at radius 2 is 2.13 bits per heavy atom. The maximum absolute atomic E-state index is 5.70. The smallest absolute Gasteiger partial charge is 0.163 e. The van der Waals surface area contributed by atoms with Crippen LogP contribution in [0.4, 0.5) is 0 Å². The van der Waals surface area contributed by atoms with E-state index < -0.39 is 5.79 Å². The second-order valence-electron chi connectivity index (χ2n) is 4.84. The quantitative estimate of drug-likeness (QED) is 0.751. The molecule has 0 spiro atoms. The zero-order valence-electron chi connectivity index (χ0n) is 9.62. The first-order chi connectivity index (χ1) is 7.16. The van der Waals surface area contributed by atoms with Gasteiger partial charge in [-0.1, -0.05) is 0 Å². The molecule has 4 nitrogen and oxygen atoms in total. The summed E-state index contributed by atoms with van der Waals surface area (Å²) in [4.78, 5) is 0. The molecule has 4 heteroatoms. The van der Waals surface area contributed by atoms with Gasteiger partial charge in [-0.15, -0.1) is 0 Å². The van der Waals surface area contributed by atoms with Gasteiger partial charge in [0.25, 0.3) is 0 Å². The van der Waals surface area contributed by atoms with Crippen molar-refractivity contribution in [1.29, 1.82) is 0 Å². The van der Waals surface area contributed by atoms with Gasteiger partial charge in [-0.2, -0.15) is 0 Å². The van der Waals surface area contributed by atoms with Crippen LogP contribution in [0.15, 0.2) is 0 Å². The second kappa shape index (κ2) is 4.78. The Hall–Kier alpha value is -0.160. The van der Waals surface area contributed by atoms with Crippen molar-refractivity contribution < 1.29 is 14.2 Å². The van der Waals surface area contributed by atoms with Crippen molar-refractivity contribution in [3.8, 4) is 0 Å². The third-order valence-electron chi connectivity index (χ3n) is 2.90. The Labute approximate surface area is 91.3 Å². The summed E-state index contributed by atoms with van der Waals surface area (Å²) in [6.07, 6.45) is 1.38. The lowest BCUT2D eigenvalue weighted by Crippen LogP contribution is -2.33. The molecule has 0 aromatic heterocycles. The van der Waals surface area contributed by atoms with Crippen molar-refractivity contribution in [3.05, 3.63) is 0 Å². The van der Waals surface area contributed by atoms with E-state index in [0.717, 1.165) is 26.3 Å². The van der Waals surface area contributed by atoms with Crippen LogP contribution in [0.2, 0.25) is 0 Å². The van der Waals surface area contributed by atoms with Crippen molar-refractivity contribution in [2.75, 3.05) is 32.9 Å². The van der Waals surface area contributed by atoms with Crippen molar-refractivity contribution in [3.63, 3.8) is 0 Å². The summed E-state index contributed by atoms with van der Waals surface area (Å²) < 4.78 is 16.5. The summed E-state index contributed by atoms with van der Waals surface area (Å²) in [5.41, 5.74) is 0. The minimum atomic E-state index is -0.400. The van der Waals surface area contributed by atoms with Crippen LogP contribution in [-0.4, -0.2) is 44.8 Å². The van der Waals surface area contributed by atoms with Crippen LogP contribution in [0.1, 0.15) is 20.3 Å². The lowest BCUT2D eigenvalue weighted by atomic mass is 10.1. The van der Waals surface area contributed by atoms with Crippen molar-refractivity contribution >= 4 is 0 Å². The Morgan fingerprint density at radius 1 is 1.27 bits per heavy atom. The van der Waals surface area contributed by atoms with E-state index in [4.69, 9.17) is 14.2 Å². The Bertz CT molecular complexity index is 202. The molecule has 0 aromatic carbocycles. The van der Waals surface area contributed by atoms with Gasteiger partial charge < -0.3 is 19.5 Å². The Balaban J connectivity index is 1.58. The van der Waals surface area contributed by atoms with Gasteiger partial charge in [-0.05, 0) is 26.2 Å². The molecule has 2 fully saturated rings. The van der Waals surface area contributed by atoms with Crippen LogP contribution in [0.5, 0.6) is 0 Å². The minimum absolute atomic E-state index is 0.197. The molecule has 2 saturated heterocycles. The van der Waals surface area contributed by atoms with Crippen LogP contribution in [0.25, 0.3) is 0 Å². The van der Waals surface area contributed by atoms with Gasteiger partial charge in [0.2, 0.25) is 0 Å². The predicted molar refractivity (Wildman–Crippen MR) is 56.7 cm³/mol. The molecule has 2 aliphatic rings. The van der Waals surface area contributed by atoms with Crippen molar-refractivity contribution in [1.82, 2.24) is 5.32 Å². The highest BCUT2D eigenvalue weighted by Gasteiger charge is 2.32. The van der Waals surface area contributed by atoms with Gasteiger partial charge >= 0.3 is 0 Å². The maximum Gasteiger partial charge on any atom is 0.163 e. The molecule has 0 amide bonds. The SMILES string of the molecule is CC1(C)OCC(CNCC2CCOC2)O1. The molecule has 2 aliphatic heterocycles. The topological polar surface area (TPSA) is 39.7 Å². The number of hydrogen-bond donors (Lipinski definition) is 1. The minimum Gasteiger partial charge on any atom is -0.381 e. The predicted octanol–water partition coefficient (Wildman–Crippen LogP) is 0.764. The van der Waals surface area contributed by atoms with Gasteiger partial charge in [0.1, 0.15) is 0 Å². The highest BCUT2D eigenvalue weighted by Crippen LogP contribution is 2.21. The summed E-state index contributed by atoms with van der Waals surface area (Å²) in [7, 11) is 0. The van der Waals surface area contributed by atoms with E-state index in [1.54, 1.807) is 0 Å². The molecular weight excluding hydrogens is 194 g/mol. The summed E-state index contributed by atoms with van der Waals surface area (Å²) >= 11 is 0. The number of hydrogen-bond acceptors (Lipinski definition) is 4. The normalized spacial score (nSPS) is 34.8. The standard InChI is InChI=1S/C11H21NO3/c1-11(2)14-8-10(15-11)6-12-5-9-3-4-13-7-9/h9-10,12H,3-8H2,1-2H3. The summed E-state index contributed by atoms with van der Waals surface area (Å²) in [6.45, 7) is 8.33. The number of ether oxygens (including phenoxy) is 3. The third-order valence-corrected chi connectivity index (χ3v) is 2.90. The van der Waals surface area contributed by atoms with Gasteiger partial charge in [-0.25, -0.2) is 0 Å². The van der Waals surface area contributed by atoms with Crippen molar-refractivity contribution in [2.45, 2.75) is 32.2 Å². The van der Waals surface area contributed by atoms with E-state index in [2.05, 4.69) is 5.32 Å². The molecule has 2 rings (SSSR count). The fourth-order valence-electron chi connectivity index (χ4n) is 2.06. The molecule has 0 radical (unpaired) electrons. The third kappa shape index (κ3) is 3.41. The molecule has 2 atom stereocenters. The first-order valence-corrected chi connectivity index (χ1v) is 5.76. The molecule has 0 saturated carbocycles. The van der Waals surface area contributed by atoms with E-state index in [0.29, 0.717) is 12.5 Å². The van der Waals surface area contributed by atoms with Crippen LogP contribution in [-0.2, 0) is 14.2 Å². The van der Waals surface area contributed by atoms with E-state index in [9.17, 15) is 0 Å². The second-order valence-corrected chi connectivity index (χ2v) is 4.84. The first kappa shape index (κ1) is 11.3. The number of rotatable bonds is 4. The lowest BCUT2D eigenvalue weighted by molar-refractivity contribution is -0.137. The average Bonchev–Trinajstić information content (AvgIpc) is 2.76. The molecule has 2 unspecified atom stereocenters. The molecule has 15 heavy (non-hydrogen) atoms. The monoisotopic (exact) mass is 215 g/mol. The highest BCUT2D eigenvalue weighted by atomic mass is 16.7. The average molecular weight is 215 g/mol. The van der Waals surface area contributed by atoms with E-state index >= 15 is 0 Å². The Kier molecular flexibility index (Phi) is 3.61. The van der Waals surface area contributed by atoms with Gasteiger partial charge in [0.15, 0.2) is 5.79 Å². The van der Waals surface area contributed by atoms with Crippen molar-refractivity contribution in [2.24, 2.45) is 5.92 Å². The lowest BCUT2D eigenvalue weighted by Gasteiger charge is -2.17. The fourth-order valence-corrected chi connectivity index (χ4v) is 2.06. The largest absolute Gasteiger partial charge is 0.381 e. The van der Waals surface area contributed by atoms with Gasteiger partial charge in [0.05, 0.1) is 19.3 Å². The zero-order chi connectivity index (χ0) is 10.7. The van der Waals surface area contributed by atoms with Gasteiger partial charge in [0, 0.05) is 19.7 Å². The maximum atomic E-state index is 5.70. The van der Waals surface area contributed by atoms with E-state index in [-0.39, 0.29) is 6.10 Å². The molecule has 1 N–H and O–H groups in total. The van der Waals surface area contributed by atoms with E-state index in [1.165, 1.54) is 6.42 Å². The summed E-state index contributed by atoms with van der Waals surface area (Å²) in [5.74, 6) is 0.281. The Morgan fingerprint density at radius 3 is 2.73 bits per heavy atom. The molecular formula is C11H21NO3. The molecule has 0 bridgehead atoms.